The van der Waals surface area contributed by atoms with Crippen LogP contribution in [0.2, 0.25) is 0 Å². The molecule has 0 spiro atoms. The van der Waals surface area contributed by atoms with Crippen LogP contribution in [0.5, 0.6) is 0 Å². The predicted molar refractivity (Wildman–Crippen MR) is 218 cm³/mol. The van der Waals surface area contributed by atoms with Crippen molar-refractivity contribution >= 4 is 53.3 Å². The van der Waals surface area contributed by atoms with Gasteiger partial charge in [0.05, 0.1) is 31.8 Å². The van der Waals surface area contributed by atoms with Crippen LogP contribution in [0.15, 0.2) is 10.6 Å². The van der Waals surface area contributed by atoms with E-state index in [2.05, 4.69) is 31.8 Å². The average molecular weight is 954 g/mol. The summed E-state index contributed by atoms with van der Waals surface area (Å²) in [6, 6.07) is -11.2. The third-order valence-corrected chi connectivity index (χ3v) is 9.44. The van der Waals surface area contributed by atoms with Gasteiger partial charge < -0.3 is 88.7 Å². The number of aliphatic hydroxyl groups is 4. The number of amides is 7. The van der Waals surface area contributed by atoms with Gasteiger partial charge in [0.2, 0.25) is 41.4 Å². The first-order valence-corrected chi connectivity index (χ1v) is 20.8. The summed E-state index contributed by atoms with van der Waals surface area (Å²) in [7, 11) is 0. The first kappa shape index (κ1) is 59.5. The van der Waals surface area contributed by atoms with Crippen molar-refractivity contribution < 1.29 is 93.9 Å². The number of aliphatic carboxylic acids is 2. The largest absolute Gasteiger partial charge is 0.597 e. The summed E-state index contributed by atoms with van der Waals surface area (Å²) in [5.74, 6) is -12.0. The van der Waals surface area contributed by atoms with Crippen molar-refractivity contribution in [2.75, 3.05) is 26.2 Å². The molecule has 30 heteroatoms. The van der Waals surface area contributed by atoms with Crippen LogP contribution in [0, 0.1) is 10.4 Å². The first-order chi connectivity index (χ1) is 31.0. The molecule has 66 heavy (non-hydrogen) atoms. The Kier molecular flexibility index (Phi) is 29.0. The standard InChI is InChI=1S/C36H63N11O19/c1-4-5-6-7-8-11-21(50)16-25(51)37-17-26(52)42-28(29(53)36(61)62)34(58)41-24(18-48)32(56)43-27(20(3)49)33(57)39-22(12-9-14-46(65)44-63)31(55)38-19(2)30(54)40-23(35(59)60)13-10-15-47(66)45-64/h19-24,27-29,48-50,53,63-64H,4-18H2,1-3H3,(H,37,51)(H,38,55)(H,39,57)(H,40,54)(H,41,58)(H,42,52)(H,43,56)(H,59,60)(H,61,62)/b46-44-,47-45-/t19-,20+,21+,22+,23+,24-,27+,28+,29+/m0/s1. The van der Waals surface area contributed by atoms with E-state index < -0.39 is 141 Å². The van der Waals surface area contributed by atoms with E-state index in [0.29, 0.717) is 12.8 Å². The number of aliphatic hydroxyl groups excluding tert-OH is 4. The number of hydroxylamine groups is 2. The molecule has 0 aromatic heterocycles. The number of carboxylic acid groups (broad SMARTS) is 2. The number of carbonyl (C=O) groups is 9. The molecule has 7 amide bonds. The fourth-order valence-corrected chi connectivity index (χ4v) is 5.73. The lowest BCUT2D eigenvalue weighted by atomic mass is 10.1. The van der Waals surface area contributed by atoms with Crippen molar-refractivity contribution in [3.63, 3.8) is 0 Å². The molecule has 0 saturated carbocycles. The molecule has 15 N–H and O–H groups in total. The molecule has 0 aromatic rings. The van der Waals surface area contributed by atoms with Gasteiger partial charge >= 0.3 is 11.9 Å². The highest BCUT2D eigenvalue weighted by Crippen LogP contribution is 2.10. The van der Waals surface area contributed by atoms with Gasteiger partial charge in [-0.3, -0.25) is 33.6 Å². The summed E-state index contributed by atoms with van der Waals surface area (Å²) in [6.07, 6.45) is -2.18. The van der Waals surface area contributed by atoms with Gasteiger partial charge in [0.1, 0.15) is 36.3 Å². The molecule has 0 radical (unpaired) electrons. The number of nitrogens with zero attached hydrogens (tertiary/aromatic N) is 4. The van der Waals surface area contributed by atoms with E-state index in [-0.39, 0.29) is 35.4 Å². The maximum atomic E-state index is 13.4. The molecule has 30 nitrogen and oxygen atoms in total. The van der Waals surface area contributed by atoms with Crippen LogP contribution in [0.4, 0.5) is 0 Å². The first-order valence-electron chi connectivity index (χ1n) is 20.8. The maximum Gasteiger partial charge on any atom is 0.335 e. The molecular formula is C36H63N11O19. The van der Waals surface area contributed by atoms with E-state index in [1.807, 2.05) is 22.9 Å². The summed E-state index contributed by atoms with van der Waals surface area (Å²) >= 11 is 0. The van der Waals surface area contributed by atoms with Crippen LogP contribution in [0.25, 0.3) is 0 Å². The quantitative estimate of drug-likeness (QED) is 0.0125. The van der Waals surface area contributed by atoms with Crippen molar-refractivity contribution in [2.24, 2.45) is 10.6 Å². The lowest BCUT2D eigenvalue weighted by molar-refractivity contribution is -0.556. The number of carboxylic acids is 2. The van der Waals surface area contributed by atoms with E-state index in [9.17, 15) is 84.2 Å². The van der Waals surface area contributed by atoms with Crippen LogP contribution >= 0.6 is 0 Å². The van der Waals surface area contributed by atoms with Crippen molar-refractivity contribution in [3.05, 3.63) is 10.4 Å². The number of unbranched alkanes of at least 4 members (excludes halogenated alkanes) is 4. The van der Waals surface area contributed by atoms with Gasteiger partial charge in [0.15, 0.2) is 29.7 Å². The average Bonchev–Trinajstić information content (AvgIpc) is 3.26. The van der Waals surface area contributed by atoms with Crippen molar-refractivity contribution in [3.8, 4) is 0 Å². The minimum absolute atomic E-state index is 0.135. The molecule has 0 bridgehead atoms. The molecule has 0 aromatic carbocycles. The number of rotatable bonds is 34. The minimum atomic E-state index is -2.65. The van der Waals surface area contributed by atoms with Gasteiger partial charge in [0, 0.05) is 12.8 Å². The van der Waals surface area contributed by atoms with Crippen LogP contribution in [0.3, 0.4) is 0 Å². The smallest absolute Gasteiger partial charge is 0.335 e. The Bertz CT molecular complexity index is 1690. The second kappa shape index (κ2) is 32.2. The second-order valence-corrected chi connectivity index (χ2v) is 14.9. The SMILES string of the molecule is CCCCCCC[C@@H](O)CC(=O)NCC(=O)N[C@@H](C(=O)N[C@@H](CO)C(=O)N[C@@H](C(=O)N[C@H](CCC/[N+]([O-])=N/O)C(=O)N[C@@H](C)C(=O)N[C@H](CCC/[N+]([O-])=N/O)C(=O)O)[C@@H](C)O)[C@@H](O)C(=O)O. The molecule has 0 heterocycles. The highest BCUT2D eigenvalue weighted by atomic mass is 16.6. The van der Waals surface area contributed by atoms with E-state index in [0.717, 1.165) is 39.5 Å². The Morgan fingerprint density at radius 1 is 0.576 bits per heavy atom. The Labute approximate surface area is 377 Å². The molecular weight excluding hydrogens is 890 g/mol. The molecule has 0 aliphatic rings. The summed E-state index contributed by atoms with van der Waals surface area (Å²) < 4.78 is 0. The van der Waals surface area contributed by atoms with E-state index in [1.54, 1.807) is 0 Å². The van der Waals surface area contributed by atoms with E-state index in [1.165, 1.54) is 0 Å². The van der Waals surface area contributed by atoms with E-state index in [4.69, 9.17) is 10.4 Å². The normalized spacial score (nSPS) is 15.7. The number of carbonyl (C=O) groups excluding carboxylic acids is 7. The predicted octanol–water partition coefficient (Wildman–Crippen LogP) is -4.69. The number of hydrogen-bond donors (Lipinski definition) is 15. The van der Waals surface area contributed by atoms with Gasteiger partial charge in [-0.1, -0.05) is 48.7 Å². The van der Waals surface area contributed by atoms with Gasteiger partial charge in [-0.25, -0.2) is 9.59 Å². The lowest BCUT2D eigenvalue weighted by Gasteiger charge is -2.28. The monoisotopic (exact) mass is 953 g/mol. The highest BCUT2D eigenvalue weighted by Gasteiger charge is 2.37. The molecule has 0 unspecified atom stereocenters. The third-order valence-electron chi connectivity index (χ3n) is 9.44. The highest BCUT2D eigenvalue weighted by molar-refractivity contribution is 5.98. The zero-order valence-corrected chi connectivity index (χ0v) is 36.7. The summed E-state index contributed by atoms with van der Waals surface area (Å²) in [5, 5.41) is 118. The van der Waals surface area contributed by atoms with E-state index >= 15 is 0 Å². The molecule has 0 aliphatic heterocycles. The fraction of sp³-hybridized carbons (Fsp3) is 0.750. The Morgan fingerprint density at radius 2 is 1.09 bits per heavy atom. The van der Waals surface area contributed by atoms with Crippen LogP contribution < -0.4 is 37.2 Å². The molecule has 0 aliphatic carbocycles. The Morgan fingerprint density at radius 3 is 1.61 bits per heavy atom. The summed E-state index contributed by atoms with van der Waals surface area (Å²) in [4.78, 5) is 114. The molecule has 9 atom stereocenters. The lowest BCUT2D eigenvalue weighted by Crippen LogP contribution is -2.63. The zero-order valence-electron chi connectivity index (χ0n) is 36.7. The topological polar surface area (TPSA) is 477 Å². The van der Waals surface area contributed by atoms with Crippen molar-refractivity contribution in [2.45, 2.75) is 146 Å². The Balaban J connectivity index is 5.92. The van der Waals surface area contributed by atoms with Crippen LogP contribution in [-0.2, 0) is 43.2 Å². The van der Waals surface area contributed by atoms with Crippen molar-refractivity contribution in [1.82, 2.24) is 37.2 Å². The van der Waals surface area contributed by atoms with Crippen molar-refractivity contribution in [1.29, 1.82) is 0 Å². The summed E-state index contributed by atoms with van der Waals surface area (Å²) in [5.41, 5.74) is 0. The molecule has 0 fully saturated rings. The minimum Gasteiger partial charge on any atom is -0.597 e. The number of hydrogen-bond acceptors (Lipinski definition) is 17. The third kappa shape index (κ3) is 24.0. The maximum absolute atomic E-state index is 13.4. The van der Waals surface area contributed by atoms with Gasteiger partial charge in [0.25, 0.3) is 0 Å². The molecule has 0 saturated heterocycles. The second-order valence-electron chi connectivity index (χ2n) is 14.9. The van der Waals surface area contributed by atoms with Gasteiger partial charge in [-0.15, -0.1) is 0 Å². The summed E-state index contributed by atoms with van der Waals surface area (Å²) in [6.45, 7) is 1.07. The van der Waals surface area contributed by atoms with Gasteiger partial charge in [-0.2, -0.15) is 0 Å². The molecule has 0 rings (SSSR count). The van der Waals surface area contributed by atoms with Gasteiger partial charge in [-0.05, 0) is 33.1 Å². The molecule has 376 valence electrons. The number of nitrogens with one attached hydrogen (secondary N) is 7. The fourth-order valence-electron chi connectivity index (χ4n) is 5.73. The van der Waals surface area contributed by atoms with Crippen LogP contribution in [-0.4, -0.2) is 185 Å². The van der Waals surface area contributed by atoms with Crippen LogP contribution in [0.1, 0.15) is 91.4 Å². The zero-order chi connectivity index (χ0) is 50.5. The Hall–Kier alpha value is -6.53.